The van der Waals surface area contributed by atoms with E-state index < -0.39 is 0 Å². The fourth-order valence-corrected chi connectivity index (χ4v) is 6.42. The van der Waals surface area contributed by atoms with Gasteiger partial charge in [0.05, 0.1) is 0 Å². The Hall–Kier alpha value is -2.36. The average molecular weight is 392 g/mol. The highest BCUT2D eigenvalue weighted by atomic mass is 16.5. The molecule has 0 radical (unpaired) electrons. The first-order valence-electron chi connectivity index (χ1n) is 11.1. The Morgan fingerprint density at radius 3 is 2.28 bits per heavy atom. The van der Waals surface area contributed by atoms with Crippen molar-refractivity contribution in [2.24, 2.45) is 23.2 Å². The summed E-state index contributed by atoms with van der Waals surface area (Å²) < 4.78 is 5.48. The highest BCUT2D eigenvalue weighted by molar-refractivity contribution is 5.85. The van der Waals surface area contributed by atoms with Crippen molar-refractivity contribution in [1.29, 1.82) is 0 Å². The molecule has 6 rings (SSSR count). The minimum absolute atomic E-state index is 0.111. The van der Waals surface area contributed by atoms with E-state index in [4.69, 9.17) is 4.74 Å². The molecule has 4 bridgehead atoms. The van der Waals surface area contributed by atoms with E-state index in [1.807, 2.05) is 42.5 Å². The minimum Gasteiger partial charge on any atom is -0.427 e. The van der Waals surface area contributed by atoms with Crippen LogP contribution < -0.4 is 10.1 Å². The van der Waals surface area contributed by atoms with Crippen molar-refractivity contribution < 1.29 is 14.3 Å². The van der Waals surface area contributed by atoms with E-state index in [0.29, 0.717) is 25.1 Å². The number of ether oxygens (including phenoxy) is 1. The van der Waals surface area contributed by atoms with E-state index >= 15 is 0 Å². The van der Waals surface area contributed by atoms with Gasteiger partial charge in [-0.1, -0.05) is 30.3 Å². The molecule has 4 saturated carbocycles. The molecule has 0 spiro atoms. The maximum Gasteiger partial charge on any atom is 0.311 e. The van der Waals surface area contributed by atoms with E-state index in [2.05, 4.69) is 5.32 Å². The van der Waals surface area contributed by atoms with Crippen molar-refractivity contribution >= 4 is 22.6 Å². The van der Waals surface area contributed by atoms with Gasteiger partial charge in [-0.15, -0.1) is 0 Å². The number of rotatable bonds is 6. The van der Waals surface area contributed by atoms with E-state index in [1.165, 1.54) is 19.3 Å². The summed E-state index contributed by atoms with van der Waals surface area (Å²) >= 11 is 0. The van der Waals surface area contributed by atoms with Crippen LogP contribution in [0.2, 0.25) is 0 Å². The number of carbonyl (C=O) groups is 2. The maximum atomic E-state index is 12.9. The van der Waals surface area contributed by atoms with Crippen LogP contribution in [0.5, 0.6) is 5.75 Å². The van der Waals surface area contributed by atoms with Gasteiger partial charge in [0.2, 0.25) is 5.91 Å². The molecule has 4 nitrogen and oxygen atoms in total. The number of hydrogen-bond acceptors (Lipinski definition) is 3. The van der Waals surface area contributed by atoms with Crippen molar-refractivity contribution in [1.82, 2.24) is 5.32 Å². The number of hydrogen-bond donors (Lipinski definition) is 1. The highest BCUT2D eigenvalue weighted by Crippen LogP contribution is 2.60. The Labute approximate surface area is 172 Å². The van der Waals surface area contributed by atoms with Gasteiger partial charge in [-0.3, -0.25) is 9.59 Å². The van der Waals surface area contributed by atoms with Gasteiger partial charge < -0.3 is 10.1 Å². The summed E-state index contributed by atoms with van der Waals surface area (Å²) in [4.78, 5) is 25.1. The van der Waals surface area contributed by atoms with Crippen LogP contribution in [0.1, 0.15) is 51.4 Å². The average Bonchev–Trinajstić information content (AvgIpc) is 2.70. The quantitative estimate of drug-likeness (QED) is 0.435. The predicted molar refractivity (Wildman–Crippen MR) is 112 cm³/mol. The summed E-state index contributed by atoms with van der Waals surface area (Å²) in [6, 6.07) is 13.7. The van der Waals surface area contributed by atoms with Crippen LogP contribution in [-0.2, 0) is 9.59 Å². The second kappa shape index (κ2) is 7.47. The molecule has 2 aromatic rings. The lowest BCUT2D eigenvalue weighted by Gasteiger charge is -2.55. The van der Waals surface area contributed by atoms with Gasteiger partial charge in [-0.2, -0.15) is 0 Å². The van der Waals surface area contributed by atoms with Crippen LogP contribution in [0.4, 0.5) is 0 Å². The van der Waals surface area contributed by atoms with Crippen molar-refractivity contribution in [2.75, 3.05) is 6.54 Å². The first-order chi connectivity index (χ1) is 14.1. The lowest BCUT2D eigenvalue weighted by atomic mass is 9.49. The number of nitrogens with one attached hydrogen (secondary N) is 1. The minimum atomic E-state index is -0.246. The molecular formula is C25H29NO3. The molecule has 0 heterocycles. The van der Waals surface area contributed by atoms with Gasteiger partial charge in [0, 0.05) is 18.4 Å². The monoisotopic (exact) mass is 391 g/mol. The maximum absolute atomic E-state index is 12.9. The molecule has 1 amide bonds. The molecule has 0 saturated heterocycles. The number of fused-ring (bicyclic) bond motifs is 1. The first-order valence-corrected chi connectivity index (χ1v) is 11.1. The molecule has 4 fully saturated rings. The Morgan fingerprint density at radius 1 is 0.931 bits per heavy atom. The predicted octanol–water partition coefficient (Wildman–Crippen LogP) is 4.86. The van der Waals surface area contributed by atoms with Crippen molar-refractivity contribution in [3.63, 3.8) is 0 Å². The molecule has 152 valence electrons. The van der Waals surface area contributed by atoms with Gasteiger partial charge >= 0.3 is 5.97 Å². The van der Waals surface area contributed by atoms with E-state index in [1.54, 1.807) is 0 Å². The van der Waals surface area contributed by atoms with Crippen molar-refractivity contribution in [2.45, 2.75) is 51.4 Å². The molecular weight excluding hydrogens is 362 g/mol. The lowest BCUT2D eigenvalue weighted by Crippen LogP contribution is -2.53. The van der Waals surface area contributed by atoms with E-state index in [0.717, 1.165) is 47.8 Å². The molecule has 0 aromatic heterocycles. The molecule has 0 unspecified atom stereocenters. The Bertz CT molecular complexity index is 899. The summed E-state index contributed by atoms with van der Waals surface area (Å²) in [5, 5.41) is 5.32. The fourth-order valence-electron chi connectivity index (χ4n) is 6.42. The molecule has 0 atom stereocenters. The summed E-state index contributed by atoms with van der Waals surface area (Å²) in [5.41, 5.74) is -0.111. The third kappa shape index (κ3) is 3.77. The molecule has 4 aliphatic rings. The Balaban J connectivity index is 1.09. The molecule has 0 aliphatic heterocycles. The summed E-state index contributed by atoms with van der Waals surface area (Å²) in [6.45, 7) is 0.549. The third-order valence-corrected chi connectivity index (χ3v) is 7.32. The third-order valence-electron chi connectivity index (χ3n) is 7.32. The Morgan fingerprint density at radius 2 is 1.59 bits per heavy atom. The van der Waals surface area contributed by atoms with Gasteiger partial charge in [-0.05, 0) is 85.6 Å². The van der Waals surface area contributed by atoms with Crippen LogP contribution in [0.25, 0.3) is 10.8 Å². The van der Waals surface area contributed by atoms with Crippen LogP contribution in [0.3, 0.4) is 0 Å². The molecule has 4 heteroatoms. The van der Waals surface area contributed by atoms with Crippen LogP contribution in [0.15, 0.2) is 42.5 Å². The lowest BCUT2D eigenvalue weighted by molar-refractivity contribution is -0.146. The standard InChI is InChI=1S/C25H29NO3/c27-23(29-22-8-7-20-4-1-2-5-21(20)13-22)6-3-9-26-24(28)25-14-17-10-18(15-25)12-19(11-17)16-25/h1-2,4-5,7-8,13,17-19H,3,6,9-12,14-16H2,(H,26,28). The van der Waals surface area contributed by atoms with E-state index in [9.17, 15) is 9.59 Å². The summed E-state index contributed by atoms with van der Waals surface area (Å²) in [7, 11) is 0. The highest BCUT2D eigenvalue weighted by Gasteiger charge is 2.54. The van der Waals surface area contributed by atoms with Gasteiger partial charge in [0.25, 0.3) is 0 Å². The summed E-state index contributed by atoms with van der Waals surface area (Å²) in [6.07, 6.45) is 8.18. The van der Waals surface area contributed by atoms with Crippen LogP contribution in [0, 0.1) is 23.2 Å². The number of esters is 1. The van der Waals surface area contributed by atoms with E-state index in [-0.39, 0.29) is 17.3 Å². The number of carbonyl (C=O) groups excluding carboxylic acids is 2. The van der Waals surface area contributed by atoms with Crippen molar-refractivity contribution in [3.8, 4) is 5.75 Å². The zero-order valence-electron chi connectivity index (χ0n) is 16.9. The summed E-state index contributed by atoms with van der Waals surface area (Å²) in [5.74, 6) is 2.87. The zero-order chi connectivity index (χ0) is 19.8. The fraction of sp³-hybridized carbons (Fsp3) is 0.520. The second-order valence-electron chi connectivity index (χ2n) is 9.54. The normalized spacial score (nSPS) is 29.7. The van der Waals surface area contributed by atoms with Gasteiger partial charge in [-0.25, -0.2) is 0 Å². The number of benzene rings is 2. The van der Waals surface area contributed by atoms with Crippen molar-refractivity contribution in [3.05, 3.63) is 42.5 Å². The zero-order valence-corrected chi connectivity index (χ0v) is 16.9. The molecule has 4 aliphatic carbocycles. The number of amides is 1. The topological polar surface area (TPSA) is 55.4 Å². The molecule has 2 aromatic carbocycles. The SMILES string of the molecule is O=C(CCCNC(=O)C12CC3CC(CC(C3)C1)C2)Oc1ccc2ccccc2c1. The largest absolute Gasteiger partial charge is 0.427 e. The Kier molecular flexibility index (Phi) is 4.81. The second-order valence-corrected chi connectivity index (χ2v) is 9.54. The van der Waals surface area contributed by atoms with Crippen LogP contribution >= 0.6 is 0 Å². The first kappa shape index (κ1) is 18.7. The molecule has 29 heavy (non-hydrogen) atoms. The van der Waals surface area contributed by atoms with Gasteiger partial charge in [0.15, 0.2) is 0 Å². The van der Waals surface area contributed by atoms with Gasteiger partial charge in [0.1, 0.15) is 5.75 Å². The smallest absolute Gasteiger partial charge is 0.311 e. The van der Waals surface area contributed by atoms with Crippen LogP contribution in [-0.4, -0.2) is 18.4 Å². The molecule has 1 N–H and O–H groups in total.